The first kappa shape index (κ1) is 24.0. The first-order chi connectivity index (χ1) is 16.2. The lowest BCUT2D eigenvalue weighted by Crippen LogP contribution is -2.41. The number of sulfonamides is 1. The first-order valence-electron chi connectivity index (χ1n) is 10.8. The number of fused-ring (bicyclic) bond motifs is 2. The zero-order valence-electron chi connectivity index (χ0n) is 19.0. The van der Waals surface area contributed by atoms with Gasteiger partial charge in [0.25, 0.3) is 5.91 Å². The monoisotopic (exact) mass is 495 g/mol. The van der Waals surface area contributed by atoms with Crippen molar-refractivity contribution in [3.63, 3.8) is 0 Å². The quantitative estimate of drug-likeness (QED) is 0.527. The molecule has 1 atom stereocenters. The number of nitrogens with one attached hydrogen (secondary N) is 2. The van der Waals surface area contributed by atoms with Crippen LogP contribution in [0.3, 0.4) is 0 Å². The summed E-state index contributed by atoms with van der Waals surface area (Å²) in [5, 5.41) is 2.78. The summed E-state index contributed by atoms with van der Waals surface area (Å²) in [4.78, 5) is 29.3. The van der Waals surface area contributed by atoms with E-state index in [2.05, 4.69) is 10.0 Å². The average molecular weight is 496 g/mol. The second-order valence-electron chi connectivity index (χ2n) is 7.98. The Balaban J connectivity index is 1.54. The third kappa shape index (κ3) is 4.86. The van der Waals surface area contributed by atoms with Crippen molar-refractivity contribution in [1.29, 1.82) is 0 Å². The van der Waals surface area contributed by atoms with Gasteiger partial charge in [-0.3, -0.25) is 9.59 Å². The highest BCUT2D eigenvalue weighted by atomic mass is 32.2. The van der Waals surface area contributed by atoms with Crippen LogP contribution in [0.25, 0.3) is 0 Å². The van der Waals surface area contributed by atoms with Crippen LogP contribution in [0.5, 0.6) is 0 Å². The fraction of sp³-hybridized carbons (Fsp3) is 0.200. The van der Waals surface area contributed by atoms with Crippen LogP contribution in [0, 0.1) is 6.92 Å². The molecule has 3 aromatic rings. The van der Waals surface area contributed by atoms with Gasteiger partial charge in [0, 0.05) is 22.0 Å². The molecule has 4 rings (SSSR count). The van der Waals surface area contributed by atoms with E-state index in [0.717, 1.165) is 21.0 Å². The maximum atomic E-state index is 13.0. The lowest BCUT2D eigenvalue weighted by atomic mass is 10.1. The molecule has 0 fully saturated rings. The normalized spacial score (nSPS) is 14.1. The van der Waals surface area contributed by atoms with E-state index in [4.69, 9.17) is 0 Å². The minimum absolute atomic E-state index is 0.0692. The highest BCUT2D eigenvalue weighted by molar-refractivity contribution is 7.99. The third-order valence-corrected chi connectivity index (χ3v) is 8.15. The van der Waals surface area contributed by atoms with E-state index in [9.17, 15) is 18.0 Å². The maximum absolute atomic E-state index is 13.0. The lowest BCUT2D eigenvalue weighted by molar-refractivity contribution is -0.117. The Morgan fingerprint density at radius 1 is 1.03 bits per heavy atom. The summed E-state index contributed by atoms with van der Waals surface area (Å²) in [6.07, 6.45) is 0. The van der Waals surface area contributed by atoms with Crippen molar-refractivity contribution in [2.45, 2.75) is 41.5 Å². The molecular weight excluding hydrogens is 470 g/mol. The Hall–Kier alpha value is -3.14. The van der Waals surface area contributed by atoms with Crippen molar-refractivity contribution in [2.75, 3.05) is 16.8 Å². The van der Waals surface area contributed by atoms with Crippen LogP contribution in [-0.2, 0) is 14.8 Å². The smallest absolute Gasteiger partial charge is 0.259 e. The molecule has 2 N–H and O–H groups in total. The molecule has 0 radical (unpaired) electrons. The van der Waals surface area contributed by atoms with Gasteiger partial charge in [0.05, 0.1) is 22.2 Å². The van der Waals surface area contributed by atoms with E-state index in [1.807, 2.05) is 38.1 Å². The van der Waals surface area contributed by atoms with Gasteiger partial charge in [0.15, 0.2) is 0 Å². The van der Waals surface area contributed by atoms with Gasteiger partial charge in [-0.25, -0.2) is 8.42 Å². The number of anilines is 2. The Morgan fingerprint density at radius 2 is 1.74 bits per heavy atom. The highest BCUT2D eigenvalue weighted by Gasteiger charge is 2.27. The molecule has 7 nitrogen and oxygen atoms in total. The summed E-state index contributed by atoms with van der Waals surface area (Å²) < 4.78 is 27.7. The van der Waals surface area contributed by atoms with Gasteiger partial charge in [-0.2, -0.15) is 4.72 Å². The van der Waals surface area contributed by atoms with Gasteiger partial charge in [-0.05, 0) is 63.2 Å². The SMILES string of the molecule is CCN1C(=O)c2ccccc2Sc2cc(NC(=O)C(C)NS(=O)(=O)c3ccc(C)cc3)ccc21. The van der Waals surface area contributed by atoms with Gasteiger partial charge in [-0.1, -0.05) is 41.6 Å². The molecule has 1 aliphatic heterocycles. The molecule has 34 heavy (non-hydrogen) atoms. The zero-order valence-corrected chi connectivity index (χ0v) is 20.7. The largest absolute Gasteiger partial charge is 0.325 e. The fourth-order valence-electron chi connectivity index (χ4n) is 3.64. The van der Waals surface area contributed by atoms with E-state index in [0.29, 0.717) is 17.8 Å². The number of hydrogen-bond acceptors (Lipinski definition) is 5. The van der Waals surface area contributed by atoms with E-state index in [1.165, 1.54) is 30.8 Å². The zero-order chi connectivity index (χ0) is 24.5. The molecule has 3 aromatic carbocycles. The Labute approximate surface area is 203 Å². The molecule has 0 saturated heterocycles. The molecule has 1 aliphatic rings. The number of nitrogens with zero attached hydrogens (tertiary/aromatic N) is 1. The van der Waals surface area contributed by atoms with Gasteiger partial charge in [-0.15, -0.1) is 0 Å². The molecule has 0 bridgehead atoms. The fourth-order valence-corrected chi connectivity index (χ4v) is 5.96. The molecule has 1 unspecified atom stereocenters. The van der Waals surface area contributed by atoms with Crippen LogP contribution in [0.2, 0.25) is 0 Å². The Bertz CT molecular complexity index is 1350. The molecular formula is C25H25N3O4S2. The van der Waals surface area contributed by atoms with Crippen molar-refractivity contribution in [3.8, 4) is 0 Å². The minimum Gasteiger partial charge on any atom is -0.325 e. The van der Waals surface area contributed by atoms with E-state index < -0.39 is 22.0 Å². The van der Waals surface area contributed by atoms with Gasteiger partial charge in [0.2, 0.25) is 15.9 Å². The molecule has 2 amide bonds. The van der Waals surface area contributed by atoms with E-state index in [-0.39, 0.29) is 10.8 Å². The van der Waals surface area contributed by atoms with Crippen molar-refractivity contribution >= 4 is 45.0 Å². The first-order valence-corrected chi connectivity index (χ1v) is 13.1. The van der Waals surface area contributed by atoms with Crippen LogP contribution >= 0.6 is 11.8 Å². The second kappa shape index (κ2) is 9.61. The second-order valence-corrected chi connectivity index (χ2v) is 10.8. The summed E-state index contributed by atoms with van der Waals surface area (Å²) in [5.74, 6) is -0.557. The standard InChI is InChI=1S/C25H25N3O4S2/c1-4-28-21-14-11-18(15-23(21)33-22-8-6-5-7-20(22)25(28)30)26-24(29)17(3)27-34(31,32)19-12-9-16(2)10-13-19/h5-15,17,27H,4H2,1-3H3,(H,26,29). The van der Waals surface area contributed by atoms with Crippen LogP contribution in [-0.4, -0.2) is 32.8 Å². The van der Waals surface area contributed by atoms with Crippen molar-refractivity contribution in [1.82, 2.24) is 4.72 Å². The summed E-state index contributed by atoms with van der Waals surface area (Å²) >= 11 is 1.46. The molecule has 0 spiro atoms. The van der Waals surface area contributed by atoms with Crippen LogP contribution in [0.15, 0.2) is 81.4 Å². The maximum Gasteiger partial charge on any atom is 0.259 e. The minimum atomic E-state index is -3.84. The average Bonchev–Trinajstić information content (AvgIpc) is 2.92. The van der Waals surface area contributed by atoms with Crippen LogP contribution in [0.1, 0.15) is 29.8 Å². The molecule has 1 heterocycles. The van der Waals surface area contributed by atoms with Gasteiger partial charge in [0.1, 0.15) is 0 Å². The number of carbonyl (C=O) groups excluding carboxylic acids is 2. The lowest BCUT2D eigenvalue weighted by Gasteiger charge is -2.22. The number of benzene rings is 3. The molecule has 176 valence electrons. The topological polar surface area (TPSA) is 95.6 Å². The van der Waals surface area contributed by atoms with Gasteiger partial charge >= 0.3 is 0 Å². The predicted molar refractivity (Wildman–Crippen MR) is 134 cm³/mol. The summed E-state index contributed by atoms with van der Waals surface area (Å²) in [7, 11) is -3.84. The molecule has 0 saturated carbocycles. The number of carbonyl (C=O) groups is 2. The number of amides is 2. The number of rotatable bonds is 6. The summed E-state index contributed by atoms with van der Waals surface area (Å²) in [6.45, 7) is 5.78. The Kier molecular flexibility index (Phi) is 6.79. The number of hydrogen-bond donors (Lipinski definition) is 2. The summed E-state index contributed by atoms with van der Waals surface area (Å²) in [5.41, 5.74) is 2.85. The van der Waals surface area contributed by atoms with E-state index in [1.54, 1.807) is 35.2 Å². The van der Waals surface area contributed by atoms with Gasteiger partial charge < -0.3 is 10.2 Å². The molecule has 0 aliphatic carbocycles. The van der Waals surface area contributed by atoms with Crippen molar-refractivity contribution in [3.05, 3.63) is 77.9 Å². The van der Waals surface area contributed by atoms with E-state index >= 15 is 0 Å². The number of aryl methyl sites for hydroxylation is 1. The van der Waals surface area contributed by atoms with Crippen molar-refractivity contribution < 1.29 is 18.0 Å². The Morgan fingerprint density at radius 3 is 2.44 bits per heavy atom. The third-order valence-electron chi connectivity index (χ3n) is 5.47. The van der Waals surface area contributed by atoms with Crippen LogP contribution in [0.4, 0.5) is 11.4 Å². The highest BCUT2D eigenvalue weighted by Crippen LogP contribution is 2.42. The summed E-state index contributed by atoms with van der Waals surface area (Å²) in [6, 6.07) is 18.2. The van der Waals surface area contributed by atoms with Crippen molar-refractivity contribution in [2.24, 2.45) is 0 Å². The predicted octanol–water partition coefficient (Wildman–Crippen LogP) is 4.43. The van der Waals surface area contributed by atoms with Crippen LogP contribution < -0.4 is 14.9 Å². The molecule has 9 heteroatoms. The molecule has 0 aromatic heterocycles.